The summed E-state index contributed by atoms with van der Waals surface area (Å²) in [4.78, 5) is 5.07. The number of thiophene rings is 1. The average Bonchev–Trinajstić information content (AvgIpc) is 3.20. The second-order valence-electron chi connectivity index (χ2n) is 7.69. The molecular formula is C20H32N4OS. The predicted octanol–water partition coefficient (Wildman–Crippen LogP) is 3.21. The normalized spacial score (nSPS) is 19.5. The van der Waals surface area contributed by atoms with Crippen LogP contribution < -0.4 is 0 Å². The van der Waals surface area contributed by atoms with Gasteiger partial charge in [0, 0.05) is 62.7 Å². The maximum Gasteiger partial charge on any atom is 0.0641 e. The van der Waals surface area contributed by atoms with Crippen LogP contribution in [0.4, 0.5) is 0 Å². The van der Waals surface area contributed by atoms with Crippen LogP contribution in [0.15, 0.2) is 16.8 Å². The molecule has 1 saturated heterocycles. The highest BCUT2D eigenvalue weighted by Crippen LogP contribution is 2.23. The summed E-state index contributed by atoms with van der Waals surface area (Å²) in [6.45, 7) is 14.0. The summed E-state index contributed by atoms with van der Waals surface area (Å²) in [6.07, 6.45) is 0.837. The Kier molecular flexibility index (Phi) is 6.51. The molecule has 0 bridgehead atoms. The molecule has 5 nitrogen and oxygen atoms in total. The Hall–Kier alpha value is -1.21. The lowest BCUT2D eigenvalue weighted by Gasteiger charge is -2.41. The van der Waals surface area contributed by atoms with Crippen molar-refractivity contribution in [1.82, 2.24) is 19.6 Å². The number of piperazine rings is 1. The number of aliphatic hydroxyl groups excluding tert-OH is 1. The van der Waals surface area contributed by atoms with Gasteiger partial charge in [-0.25, -0.2) is 0 Å². The van der Waals surface area contributed by atoms with Crippen LogP contribution in [0.5, 0.6) is 0 Å². The number of nitrogens with zero attached hydrogens (tertiary/aromatic N) is 4. The average molecular weight is 377 g/mol. The summed E-state index contributed by atoms with van der Waals surface area (Å²) in [6, 6.07) is 3.02. The molecule has 1 unspecified atom stereocenters. The summed E-state index contributed by atoms with van der Waals surface area (Å²) in [5.74, 6) is 0. The van der Waals surface area contributed by atoms with Gasteiger partial charge in [0.25, 0.3) is 0 Å². The summed E-state index contributed by atoms with van der Waals surface area (Å²) < 4.78 is 2.14. The Balaban J connectivity index is 1.67. The van der Waals surface area contributed by atoms with E-state index in [1.165, 1.54) is 16.8 Å². The smallest absolute Gasteiger partial charge is 0.0641 e. The van der Waals surface area contributed by atoms with Crippen LogP contribution in [0.3, 0.4) is 0 Å². The number of aryl methyl sites for hydroxylation is 1. The van der Waals surface area contributed by atoms with Gasteiger partial charge in [-0.05, 0) is 56.5 Å². The van der Waals surface area contributed by atoms with Crippen LogP contribution in [0.1, 0.15) is 48.8 Å². The van der Waals surface area contributed by atoms with Crippen LogP contribution >= 0.6 is 11.3 Å². The van der Waals surface area contributed by atoms with E-state index in [9.17, 15) is 5.11 Å². The second-order valence-corrected chi connectivity index (χ2v) is 8.47. The quantitative estimate of drug-likeness (QED) is 0.806. The largest absolute Gasteiger partial charge is 0.396 e. The summed E-state index contributed by atoms with van der Waals surface area (Å²) in [5, 5.41) is 18.6. The van der Waals surface area contributed by atoms with Crippen molar-refractivity contribution in [2.24, 2.45) is 0 Å². The molecule has 26 heavy (non-hydrogen) atoms. The molecule has 3 heterocycles. The first-order valence-electron chi connectivity index (χ1n) is 9.62. The molecule has 0 aromatic carbocycles. The highest BCUT2D eigenvalue weighted by atomic mass is 32.1. The lowest BCUT2D eigenvalue weighted by molar-refractivity contribution is 0.0498. The van der Waals surface area contributed by atoms with E-state index in [1.807, 2.05) is 0 Å². The van der Waals surface area contributed by atoms with Crippen LogP contribution in [-0.4, -0.2) is 57.0 Å². The number of rotatable bonds is 7. The third-order valence-corrected chi connectivity index (χ3v) is 6.19. The van der Waals surface area contributed by atoms with Crippen LogP contribution in [0, 0.1) is 13.8 Å². The van der Waals surface area contributed by atoms with Gasteiger partial charge in [0.15, 0.2) is 0 Å². The minimum absolute atomic E-state index is 0.252. The Morgan fingerprint density at radius 1 is 1.27 bits per heavy atom. The molecule has 2 aromatic rings. The van der Waals surface area contributed by atoms with E-state index in [0.29, 0.717) is 12.1 Å². The van der Waals surface area contributed by atoms with Gasteiger partial charge in [-0.15, -0.1) is 0 Å². The molecule has 0 radical (unpaired) electrons. The Morgan fingerprint density at radius 2 is 2.08 bits per heavy atom. The van der Waals surface area contributed by atoms with Gasteiger partial charge in [0.05, 0.1) is 5.69 Å². The lowest BCUT2D eigenvalue weighted by atomic mass is 10.1. The van der Waals surface area contributed by atoms with Crippen LogP contribution in [0.2, 0.25) is 0 Å². The van der Waals surface area contributed by atoms with E-state index in [4.69, 9.17) is 5.10 Å². The molecule has 2 aromatic heterocycles. The first kappa shape index (κ1) is 19.5. The van der Waals surface area contributed by atoms with Crippen molar-refractivity contribution in [3.05, 3.63) is 39.3 Å². The van der Waals surface area contributed by atoms with Gasteiger partial charge in [0.1, 0.15) is 0 Å². The fourth-order valence-electron chi connectivity index (χ4n) is 4.00. The minimum atomic E-state index is 0.252. The first-order chi connectivity index (χ1) is 12.5. The summed E-state index contributed by atoms with van der Waals surface area (Å²) in [7, 11) is 0. The topological polar surface area (TPSA) is 44.5 Å². The SMILES string of the molecule is Cc1nn(C(C)C)c(C)c1CN1CCN(Cc2ccsc2)C(CCO)C1. The van der Waals surface area contributed by atoms with Gasteiger partial charge in [-0.3, -0.25) is 14.5 Å². The van der Waals surface area contributed by atoms with Crippen molar-refractivity contribution in [1.29, 1.82) is 0 Å². The number of hydrogen-bond donors (Lipinski definition) is 1. The maximum absolute atomic E-state index is 9.53. The fourth-order valence-corrected chi connectivity index (χ4v) is 4.66. The zero-order valence-electron chi connectivity index (χ0n) is 16.5. The zero-order chi connectivity index (χ0) is 18.7. The molecule has 1 N–H and O–H groups in total. The monoisotopic (exact) mass is 376 g/mol. The van der Waals surface area contributed by atoms with Gasteiger partial charge in [-0.2, -0.15) is 16.4 Å². The van der Waals surface area contributed by atoms with Crippen molar-refractivity contribution in [3.8, 4) is 0 Å². The van der Waals surface area contributed by atoms with Gasteiger partial charge >= 0.3 is 0 Å². The van der Waals surface area contributed by atoms with Gasteiger partial charge in [-0.1, -0.05) is 0 Å². The lowest BCUT2D eigenvalue weighted by Crippen LogP contribution is -2.52. The van der Waals surface area contributed by atoms with Crippen molar-refractivity contribution >= 4 is 11.3 Å². The van der Waals surface area contributed by atoms with E-state index in [2.05, 4.69) is 59.0 Å². The molecule has 6 heteroatoms. The molecule has 1 aliphatic heterocycles. The molecular weight excluding hydrogens is 344 g/mol. The standard InChI is InChI=1S/C20H32N4OS/c1-15(2)24-17(4)20(16(3)21-24)13-22-7-8-23(19(12-22)5-9-25)11-18-6-10-26-14-18/h6,10,14-15,19,25H,5,7-9,11-13H2,1-4H3. The maximum atomic E-state index is 9.53. The fraction of sp³-hybridized carbons (Fsp3) is 0.650. The molecule has 3 rings (SSSR count). The van der Waals surface area contributed by atoms with E-state index in [0.717, 1.165) is 44.8 Å². The predicted molar refractivity (Wildman–Crippen MR) is 108 cm³/mol. The van der Waals surface area contributed by atoms with E-state index in [-0.39, 0.29) is 6.61 Å². The molecule has 1 aliphatic rings. The molecule has 0 spiro atoms. The van der Waals surface area contributed by atoms with E-state index >= 15 is 0 Å². The van der Waals surface area contributed by atoms with Gasteiger partial charge < -0.3 is 5.11 Å². The molecule has 0 aliphatic carbocycles. The van der Waals surface area contributed by atoms with Crippen molar-refractivity contribution in [3.63, 3.8) is 0 Å². The van der Waals surface area contributed by atoms with E-state index in [1.54, 1.807) is 11.3 Å². The minimum Gasteiger partial charge on any atom is -0.396 e. The highest BCUT2D eigenvalue weighted by molar-refractivity contribution is 7.07. The highest BCUT2D eigenvalue weighted by Gasteiger charge is 2.28. The first-order valence-corrected chi connectivity index (χ1v) is 10.6. The Labute approximate surface area is 161 Å². The van der Waals surface area contributed by atoms with Crippen molar-refractivity contribution < 1.29 is 5.11 Å². The second kappa shape index (κ2) is 8.65. The molecule has 1 atom stereocenters. The van der Waals surface area contributed by atoms with Gasteiger partial charge in [0.2, 0.25) is 0 Å². The number of aliphatic hydroxyl groups is 1. The molecule has 144 valence electrons. The van der Waals surface area contributed by atoms with Crippen molar-refractivity contribution in [2.45, 2.75) is 59.3 Å². The third-order valence-electron chi connectivity index (χ3n) is 5.46. The van der Waals surface area contributed by atoms with E-state index < -0.39 is 0 Å². The van der Waals surface area contributed by atoms with Crippen LogP contribution in [0.25, 0.3) is 0 Å². The molecule has 0 saturated carbocycles. The summed E-state index contributed by atoms with van der Waals surface area (Å²) >= 11 is 1.76. The number of aromatic nitrogens is 2. The number of hydrogen-bond acceptors (Lipinski definition) is 5. The zero-order valence-corrected chi connectivity index (χ0v) is 17.3. The van der Waals surface area contributed by atoms with Crippen molar-refractivity contribution in [2.75, 3.05) is 26.2 Å². The molecule has 1 fully saturated rings. The van der Waals surface area contributed by atoms with Crippen LogP contribution in [-0.2, 0) is 13.1 Å². The Morgan fingerprint density at radius 3 is 2.69 bits per heavy atom. The molecule has 0 amide bonds. The third kappa shape index (κ3) is 4.36. The summed E-state index contributed by atoms with van der Waals surface area (Å²) in [5.41, 5.74) is 5.19. The Bertz CT molecular complexity index is 695.